The molecular formula is C21H33BrO3Si. The zero-order chi connectivity index (χ0) is 19.7. The lowest BCUT2D eigenvalue weighted by molar-refractivity contribution is -0.144. The third-order valence-corrected chi connectivity index (χ3v) is 11.3. The van der Waals surface area contributed by atoms with E-state index in [0.29, 0.717) is 13.0 Å². The Hall–Kier alpha value is -0.653. The Labute approximate surface area is 168 Å². The molecule has 0 fully saturated rings. The van der Waals surface area contributed by atoms with Crippen LogP contribution in [0, 0.1) is 5.92 Å². The molecule has 26 heavy (non-hydrogen) atoms. The molecule has 1 aliphatic rings. The molecule has 0 radical (unpaired) electrons. The second-order valence-corrected chi connectivity index (χ2v) is 14.5. The van der Waals surface area contributed by atoms with E-state index >= 15 is 0 Å². The van der Waals surface area contributed by atoms with E-state index in [-0.39, 0.29) is 28.9 Å². The van der Waals surface area contributed by atoms with E-state index in [1.54, 1.807) is 0 Å². The fourth-order valence-electron chi connectivity index (χ4n) is 3.73. The molecule has 0 bridgehead atoms. The van der Waals surface area contributed by atoms with Gasteiger partial charge < -0.3 is 9.16 Å². The van der Waals surface area contributed by atoms with E-state index in [4.69, 9.17) is 9.16 Å². The molecule has 1 aromatic rings. The summed E-state index contributed by atoms with van der Waals surface area (Å²) in [5, 5.41) is 0.163. The van der Waals surface area contributed by atoms with E-state index in [1.165, 1.54) is 11.1 Å². The van der Waals surface area contributed by atoms with Gasteiger partial charge in [-0.05, 0) is 61.5 Å². The van der Waals surface area contributed by atoms with Crippen molar-refractivity contribution in [3.63, 3.8) is 0 Å². The van der Waals surface area contributed by atoms with E-state index < -0.39 is 8.32 Å². The van der Waals surface area contributed by atoms with Crippen LogP contribution in [-0.2, 0) is 20.4 Å². The number of ether oxygens (including phenoxy) is 1. The average Bonchev–Trinajstić information content (AvgIpc) is 2.85. The molecule has 3 atom stereocenters. The van der Waals surface area contributed by atoms with Gasteiger partial charge in [-0.1, -0.05) is 48.8 Å². The summed E-state index contributed by atoms with van der Waals surface area (Å²) < 4.78 is 13.1. The van der Waals surface area contributed by atoms with E-state index in [9.17, 15) is 4.79 Å². The SMILES string of the molecule is CCOC(=O)C[C@@H]1Cc2c(Br)cccc2[C@H]1C(C)O[Si](C)(C)C(C)(C)C. The molecule has 2 rings (SSSR count). The quantitative estimate of drug-likeness (QED) is 0.397. The summed E-state index contributed by atoms with van der Waals surface area (Å²) in [7, 11) is -1.88. The number of hydrogen-bond acceptors (Lipinski definition) is 3. The van der Waals surface area contributed by atoms with Crippen molar-refractivity contribution in [2.75, 3.05) is 6.61 Å². The van der Waals surface area contributed by atoms with Gasteiger partial charge in [0.25, 0.3) is 0 Å². The van der Waals surface area contributed by atoms with Crippen LogP contribution in [0.4, 0.5) is 0 Å². The first-order valence-electron chi connectivity index (χ1n) is 9.58. The van der Waals surface area contributed by atoms with E-state index in [1.807, 2.05) is 6.92 Å². The van der Waals surface area contributed by atoms with Crippen LogP contribution in [-0.4, -0.2) is 27.0 Å². The van der Waals surface area contributed by atoms with Crippen LogP contribution in [0.2, 0.25) is 18.1 Å². The Morgan fingerprint density at radius 3 is 2.58 bits per heavy atom. The predicted molar refractivity (Wildman–Crippen MR) is 113 cm³/mol. The Morgan fingerprint density at radius 2 is 2.00 bits per heavy atom. The summed E-state index contributed by atoms with van der Waals surface area (Å²) in [6.07, 6.45) is 1.42. The molecule has 1 aromatic carbocycles. The zero-order valence-electron chi connectivity index (χ0n) is 17.2. The van der Waals surface area contributed by atoms with Crippen LogP contribution in [0.25, 0.3) is 0 Å². The summed E-state index contributed by atoms with van der Waals surface area (Å²) in [5.74, 6) is 0.342. The van der Waals surface area contributed by atoms with Gasteiger partial charge in [0.2, 0.25) is 0 Å². The van der Waals surface area contributed by atoms with Crippen molar-refractivity contribution in [1.82, 2.24) is 0 Å². The lowest BCUT2D eigenvalue weighted by Crippen LogP contribution is -2.45. The van der Waals surface area contributed by atoms with Crippen molar-refractivity contribution in [3.8, 4) is 0 Å². The monoisotopic (exact) mass is 440 g/mol. The number of halogens is 1. The van der Waals surface area contributed by atoms with Crippen molar-refractivity contribution < 1.29 is 14.0 Å². The molecule has 5 heteroatoms. The van der Waals surface area contributed by atoms with Crippen LogP contribution in [0.3, 0.4) is 0 Å². The number of esters is 1. The second-order valence-electron chi connectivity index (χ2n) is 8.89. The third-order valence-electron chi connectivity index (χ3n) is 6.01. The summed E-state index contributed by atoms with van der Waals surface area (Å²) in [6.45, 7) is 15.9. The van der Waals surface area contributed by atoms with Gasteiger partial charge in [-0.25, -0.2) is 0 Å². The van der Waals surface area contributed by atoms with Crippen LogP contribution in [0.1, 0.15) is 58.1 Å². The Morgan fingerprint density at radius 1 is 1.35 bits per heavy atom. The number of rotatable bonds is 6. The van der Waals surface area contributed by atoms with Crippen molar-refractivity contribution in [2.45, 2.75) is 77.6 Å². The van der Waals surface area contributed by atoms with Gasteiger partial charge in [0.1, 0.15) is 0 Å². The molecule has 0 amide bonds. The minimum atomic E-state index is -1.88. The summed E-state index contributed by atoms with van der Waals surface area (Å²) in [5.41, 5.74) is 2.64. The van der Waals surface area contributed by atoms with E-state index in [0.717, 1.165) is 10.9 Å². The third kappa shape index (κ3) is 4.60. The summed E-state index contributed by atoms with van der Waals surface area (Å²) in [4.78, 5) is 12.2. The number of fused-ring (bicyclic) bond motifs is 1. The molecule has 1 unspecified atom stereocenters. The van der Waals surface area contributed by atoms with Gasteiger partial charge >= 0.3 is 5.97 Å². The lowest BCUT2D eigenvalue weighted by atomic mass is 9.86. The minimum absolute atomic E-state index is 0.0749. The first-order valence-corrected chi connectivity index (χ1v) is 13.3. The molecule has 0 spiro atoms. The molecule has 0 heterocycles. The maximum absolute atomic E-state index is 12.2. The molecule has 1 aliphatic carbocycles. The average molecular weight is 441 g/mol. The molecular weight excluding hydrogens is 408 g/mol. The number of hydrogen-bond donors (Lipinski definition) is 0. The highest BCUT2D eigenvalue weighted by Gasteiger charge is 2.44. The maximum Gasteiger partial charge on any atom is 0.306 e. The highest BCUT2D eigenvalue weighted by Crippen LogP contribution is 2.47. The molecule has 0 saturated carbocycles. The fourth-order valence-corrected chi connectivity index (χ4v) is 5.70. The molecule has 0 aromatic heterocycles. The van der Waals surface area contributed by atoms with Gasteiger partial charge in [-0.15, -0.1) is 0 Å². The molecule has 0 N–H and O–H groups in total. The van der Waals surface area contributed by atoms with Crippen molar-refractivity contribution in [3.05, 3.63) is 33.8 Å². The zero-order valence-corrected chi connectivity index (χ0v) is 19.8. The topological polar surface area (TPSA) is 35.5 Å². The van der Waals surface area contributed by atoms with Crippen LogP contribution in [0.5, 0.6) is 0 Å². The van der Waals surface area contributed by atoms with Crippen LogP contribution in [0.15, 0.2) is 22.7 Å². The van der Waals surface area contributed by atoms with Gasteiger partial charge in [-0.2, -0.15) is 0 Å². The standard InChI is InChI=1S/C21H33BrO3Si/c1-8-24-19(23)13-15-12-17-16(10-9-11-18(17)22)20(15)14(2)25-26(6,7)21(3,4)5/h9-11,14-15,20H,8,12-13H2,1-7H3/t14?,15-,20-/m0/s1. The Kier molecular flexibility index (Phi) is 6.79. The van der Waals surface area contributed by atoms with Gasteiger partial charge in [0.15, 0.2) is 8.32 Å². The minimum Gasteiger partial charge on any atom is -0.466 e. The summed E-state index contributed by atoms with van der Waals surface area (Å²) in [6, 6.07) is 6.37. The smallest absolute Gasteiger partial charge is 0.306 e. The lowest BCUT2D eigenvalue weighted by Gasteiger charge is -2.41. The van der Waals surface area contributed by atoms with E-state index in [2.05, 4.69) is 74.9 Å². The first kappa shape index (κ1) is 21.6. The number of benzene rings is 1. The van der Waals surface area contributed by atoms with Gasteiger partial charge in [0.05, 0.1) is 6.61 Å². The van der Waals surface area contributed by atoms with Crippen molar-refractivity contribution in [1.29, 1.82) is 0 Å². The molecule has 0 aliphatic heterocycles. The fraction of sp³-hybridized carbons (Fsp3) is 0.667. The number of carbonyl (C=O) groups excluding carboxylic acids is 1. The molecule has 3 nitrogen and oxygen atoms in total. The summed E-state index contributed by atoms with van der Waals surface area (Å²) >= 11 is 3.69. The second kappa shape index (κ2) is 8.15. The normalized spacial score (nSPS) is 21.4. The first-order chi connectivity index (χ1) is 12.0. The van der Waals surface area contributed by atoms with Crippen molar-refractivity contribution in [2.24, 2.45) is 5.92 Å². The highest BCUT2D eigenvalue weighted by atomic mass is 79.9. The Balaban J connectivity index is 2.31. The van der Waals surface area contributed by atoms with Crippen molar-refractivity contribution >= 4 is 30.2 Å². The van der Waals surface area contributed by atoms with Gasteiger partial charge in [-0.3, -0.25) is 4.79 Å². The largest absolute Gasteiger partial charge is 0.466 e. The van der Waals surface area contributed by atoms with Gasteiger partial charge in [0, 0.05) is 22.9 Å². The number of carbonyl (C=O) groups is 1. The highest BCUT2D eigenvalue weighted by molar-refractivity contribution is 9.10. The van der Waals surface area contributed by atoms with Crippen LogP contribution >= 0.6 is 15.9 Å². The van der Waals surface area contributed by atoms with Crippen LogP contribution < -0.4 is 0 Å². The predicted octanol–water partition coefficient (Wildman–Crippen LogP) is 6.07. The maximum atomic E-state index is 12.2. The molecule has 0 saturated heterocycles. The Bertz CT molecular complexity index is 651. The molecule has 146 valence electrons.